The summed E-state index contributed by atoms with van der Waals surface area (Å²) in [4.78, 5) is 7.42. The van der Waals surface area contributed by atoms with Crippen LogP contribution in [0.4, 0.5) is 5.82 Å². The van der Waals surface area contributed by atoms with E-state index in [0.29, 0.717) is 10.4 Å². The van der Waals surface area contributed by atoms with Crippen LogP contribution in [0.25, 0.3) is 0 Å². The number of hydrogen-bond donors (Lipinski definition) is 1. The van der Waals surface area contributed by atoms with Crippen LogP contribution in [0.1, 0.15) is 44.4 Å². The van der Waals surface area contributed by atoms with E-state index in [1.807, 2.05) is 19.1 Å². The number of nitrogens with zero attached hydrogens (tertiary/aromatic N) is 2. The predicted molar refractivity (Wildman–Crippen MR) is 84.7 cm³/mol. The molecule has 1 aromatic heterocycles. The lowest BCUT2D eigenvalue weighted by Gasteiger charge is -2.39. The fourth-order valence-corrected chi connectivity index (χ4v) is 2.70. The molecule has 0 aliphatic carbocycles. The van der Waals surface area contributed by atoms with Gasteiger partial charge < -0.3 is 10.6 Å². The molecule has 0 unspecified atom stereocenters. The summed E-state index contributed by atoms with van der Waals surface area (Å²) < 4.78 is 0. The Morgan fingerprint density at radius 2 is 2.05 bits per heavy atom. The van der Waals surface area contributed by atoms with Crippen LogP contribution in [0.2, 0.25) is 0 Å². The number of aromatic nitrogens is 1. The number of pyridine rings is 1. The minimum atomic E-state index is 0.446. The van der Waals surface area contributed by atoms with Crippen molar-refractivity contribution in [3.63, 3.8) is 0 Å². The van der Waals surface area contributed by atoms with Crippen LogP contribution in [0.5, 0.6) is 0 Å². The van der Waals surface area contributed by atoms with Gasteiger partial charge in [0, 0.05) is 24.3 Å². The molecule has 2 rings (SSSR count). The average Bonchev–Trinajstić information content (AvgIpc) is 2.39. The molecule has 1 saturated heterocycles. The van der Waals surface area contributed by atoms with Gasteiger partial charge in [0.15, 0.2) is 0 Å². The Bertz CT molecular complexity index is 476. The summed E-state index contributed by atoms with van der Waals surface area (Å²) in [7, 11) is 0. The van der Waals surface area contributed by atoms with Gasteiger partial charge in [-0.05, 0) is 37.3 Å². The summed E-state index contributed by atoms with van der Waals surface area (Å²) in [5, 5.41) is 0. The SMILES string of the molecule is CCC1(C)CCN(c2cc(C(N)=S)cc(C)n2)CC1. The molecule has 1 aliphatic rings. The van der Waals surface area contributed by atoms with Crippen molar-refractivity contribution in [2.75, 3.05) is 18.0 Å². The third-order valence-electron chi connectivity index (χ3n) is 4.37. The zero-order valence-electron chi connectivity index (χ0n) is 12.1. The first-order valence-corrected chi connectivity index (χ1v) is 7.38. The number of nitrogens with two attached hydrogens (primary N) is 1. The summed E-state index contributed by atoms with van der Waals surface area (Å²) in [6.07, 6.45) is 3.70. The number of thiocarbonyl (C=S) groups is 1. The molecule has 19 heavy (non-hydrogen) atoms. The van der Waals surface area contributed by atoms with Crippen LogP contribution in [0.15, 0.2) is 12.1 Å². The lowest BCUT2D eigenvalue weighted by atomic mass is 9.78. The average molecular weight is 277 g/mol. The van der Waals surface area contributed by atoms with Crippen LogP contribution in [-0.4, -0.2) is 23.1 Å². The van der Waals surface area contributed by atoms with Crippen molar-refractivity contribution in [3.05, 3.63) is 23.4 Å². The first-order valence-electron chi connectivity index (χ1n) is 6.97. The second-order valence-electron chi connectivity index (χ2n) is 5.87. The van der Waals surface area contributed by atoms with Crippen molar-refractivity contribution in [2.24, 2.45) is 11.1 Å². The van der Waals surface area contributed by atoms with Crippen LogP contribution < -0.4 is 10.6 Å². The third kappa shape index (κ3) is 3.24. The van der Waals surface area contributed by atoms with Gasteiger partial charge in [-0.3, -0.25) is 0 Å². The maximum atomic E-state index is 5.73. The van der Waals surface area contributed by atoms with E-state index in [-0.39, 0.29) is 0 Å². The quantitative estimate of drug-likeness (QED) is 0.862. The first-order chi connectivity index (χ1) is 8.93. The number of rotatable bonds is 3. The monoisotopic (exact) mass is 277 g/mol. The second kappa shape index (κ2) is 5.45. The van der Waals surface area contributed by atoms with Gasteiger partial charge in [-0.2, -0.15) is 0 Å². The zero-order chi connectivity index (χ0) is 14.0. The fraction of sp³-hybridized carbons (Fsp3) is 0.600. The highest BCUT2D eigenvalue weighted by Gasteiger charge is 2.28. The molecule has 3 nitrogen and oxygen atoms in total. The van der Waals surface area contributed by atoms with Gasteiger partial charge in [0.2, 0.25) is 0 Å². The highest BCUT2D eigenvalue weighted by molar-refractivity contribution is 7.80. The highest BCUT2D eigenvalue weighted by Crippen LogP contribution is 2.35. The minimum absolute atomic E-state index is 0.446. The minimum Gasteiger partial charge on any atom is -0.389 e. The van der Waals surface area contributed by atoms with Gasteiger partial charge in [-0.1, -0.05) is 32.5 Å². The smallest absolute Gasteiger partial charge is 0.129 e. The number of aryl methyl sites for hydroxylation is 1. The van der Waals surface area contributed by atoms with Crippen molar-refractivity contribution in [3.8, 4) is 0 Å². The number of hydrogen-bond acceptors (Lipinski definition) is 3. The first kappa shape index (κ1) is 14.3. The van der Waals surface area contributed by atoms with Gasteiger partial charge in [-0.15, -0.1) is 0 Å². The molecular weight excluding hydrogens is 254 g/mol. The summed E-state index contributed by atoms with van der Waals surface area (Å²) in [5.41, 5.74) is 8.12. The summed E-state index contributed by atoms with van der Waals surface area (Å²) in [6, 6.07) is 3.97. The Kier molecular flexibility index (Phi) is 4.09. The Labute approximate surface area is 121 Å². The van der Waals surface area contributed by atoms with Crippen LogP contribution >= 0.6 is 12.2 Å². The van der Waals surface area contributed by atoms with E-state index in [1.54, 1.807) is 0 Å². The molecule has 0 aromatic carbocycles. The van der Waals surface area contributed by atoms with E-state index >= 15 is 0 Å². The van der Waals surface area contributed by atoms with Crippen molar-refractivity contribution in [1.82, 2.24) is 4.98 Å². The molecule has 0 spiro atoms. The molecule has 2 N–H and O–H groups in total. The van der Waals surface area contributed by atoms with E-state index in [1.165, 1.54) is 19.3 Å². The maximum Gasteiger partial charge on any atom is 0.129 e. The van der Waals surface area contributed by atoms with E-state index < -0.39 is 0 Å². The van der Waals surface area contributed by atoms with E-state index in [9.17, 15) is 0 Å². The van der Waals surface area contributed by atoms with Crippen molar-refractivity contribution >= 4 is 23.0 Å². The summed E-state index contributed by atoms with van der Waals surface area (Å²) in [6.45, 7) is 8.79. The Morgan fingerprint density at radius 1 is 1.42 bits per heavy atom. The molecule has 0 bridgehead atoms. The van der Waals surface area contributed by atoms with Gasteiger partial charge in [0.05, 0.1) is 0 Å². The lowest BCUT2D eigenvalue weighted by Crippen LogP contribution is -2.39. The molecule has 0 radical (unpaired) electrons. The lowest BCUT2D eigenvalue weighted by molar-refractivity contribution is 0.238. The number of anilines is 1. The van der Waals surface area contributed by atoms with Gasteiger partial charge in [-0.25, -0.2) is 4.98 Å². The van der Waals surface area contributed by atoms with E-state index in [4.69, 9.17) is 18.0 Å². The van der Waals surface area contributed by atoms with Crippen LogP contribution in [0, 0.1) is 12.3 Å². The normalized spacial score (nSPS) is 18.4. The largest absolute Gasteiger partial charge is 0.389 e. The molecular formula is C15H23N3S. The molecule has 1 fully saturated rings. The van der Waals surface area contributed by atoms with Gasteiger partial charge in [0.25, 0.3) is 0 Å². The van der Waals surface area contributed by atoms with E-state index in [0.717, 1.165) is 30.2 Å². The summed E-state index contributed by atoms with van der Waals surface area (Å²) >= 11 is 5.07. The molecule has 4 heteroatoms. The third-order valence-corrected chi connectivity index (χ3v) is 4.61. The topological polar surface area (TPSA) is 42.1 Å². The van der Waals surface area contributed by atoms with Crippen LogP contribution in [-0.2, 0) is 0 Å². The van der Waals surface area contributed by atoms with Gasteiger partial charge in [0.1, 0.15) is 10.8 Å². The van der Waals surface area contributed by atoms with Crippen molar-refractivity contribution in [1.29, 1.82) is 0 Å². The second-order valence-corrected chi connectivity index (χ2v) is 6.31. The van der Waals surface area contributed by atoms with Crippen LogP contribution in [0.3, 0.4) is 0 Å². The predicted octanol–water partition coefficient (Wildman–Crippen LogP) is 3.04. The molecule has 1 aromatic rings. The molecule has 0 atom stereocenters. The van der Waals surface area contributed by atoms with Crippen molar-refractivity contribution < 1.29 is 0 Å². The Balaban J connectivity index is 2.17. The maximum absolute atomic E-state index is 5.73. The Hall–Kier alpha value is -1.16. The molecule has 1 aliphatic heterocycles. The molecule has 2 heterocycles. The van der Waals surface area contributed by atoms with E-state index in [2.05, 4.69) is 23.7 Å². The van der Waals surface area contributed by atoms with Crippen molar-refractivity contribution in [2.45, 2.75) is 40.0 Å². The highest BCUT2D eigenvalue weighted by atomic mass is 32.1. The Morgan fingerprint density at radius 3 is 2.58 bits per heavy atom. The standard InChI is InChI=1S/C15H23N3S/c1-4-15(3)5-7-18(8-6-15)13-10-12(14(16)19)9-11(2)17-13/h9-10H,4-8H2,1-3H3,(H2,16,19). The van der Waals surface area contributed by atoms with Gasteiger partial charge >= 0.3 is 0 Å². The number of piperidine rings is 1. The molecule has 0 amide bonds. The molecule has 104 valence electrons. The zero-order valence-corrected chi connectivity index (χ0v) is 12.9. The fourth-order valence-electron chi connectivity index (χ4n) is 2.58. The molecule has 0 saturated carbocycles. The summed E-state index contributed by atoms with van der Waals surface area (Å²) in [5.74, 6) is 1.01.